The Kier molecular flexibility index (Phi) is 2.64. The molecule has 0 saturated heterocycles. The summed E-state index contributed by atoms with van der Waals surface area (Å²) in [7, 11) is 1.83. The van der Waals surface area contributed by atoms with Crippen molar-refractivity contribution in [1.82, 2.24) is 4.68 Å². The van der Waals surface area contributed by atoms with Gasteiger partial charge >= 0.3 is 5.97 Å². The fourth-order valence-electron chi connectivity index (χ4n) is 1.69. The number of hydrogen-bond donors (Lipinski definition) is 2. The zero-order chi connectivity index (χ0) is 11.5. The number of fused-ring (bicyclic) bond motifs is 1. The van der Waals surface area contributed by atoms with Crippen molar-refractivity contribution in [3.05, 3.63) is 42.1 Å². The van der Waals surface area contributed by atoms with Crippen LogP contribution >= 0.6 is 0 Å². The molecule has 0 aliphatic heterocycles. The number of nitrogens with zero attached hydrogens (tertiary/aromatic N) is 1. The molecule has 0 bridgehead atoms. The lowest BCUT2D eigenvalue weighted by Crippen LogP contribution is -2.05. The maximum Gasteiger partial charge on any atom is 0.328 e. The van der Waals surface area contributed by atoms with E-state index in [4.69, 9.17) is 5.11 Å². The minimum absolute atomic E-state index is 0.897. The SMILES string of the molecule is CNn1ccc2c(/C=C/C(=O)O)cccc21. The summed E-state index contributed by atoms with van der Waals surface area (Å²) in [5, 5.41) is 9.62. The van der Waals surface area contributed by atoms with E-state index in [1.165, 1.54) is 0 Å². The van der Waals surface area contributed by atoms with Crippen molar-refractivity contribution >= 4 is 22.9 Å². The molecule has 0 radical (unpaired) electrons. The Bertz CT molecular complexity index is 555. The lowest BCUT2D eigenvalue weighted by atomic mass is 10.1. The monoisotopic (exact) mass is 216 g/mol. The van der Waals surface area contributed by atoms with Crippen molar-refractivity contribution in [2.45, 2.75) is 0 Å². The second kappa shape index (κ2) is 4.10. The summed E-state index contributed by atoms with van der Waals surface area (Å²) in [5.74, 6) is -0.940. The summed E-state index contributed by atoms with van der Waals surface area (Å²) in [5.41, 5.74) is 4.94. The van der Waals surface area contributed by atoms with Crippen LogP contribution in [0.5, 0.6) is 0 Å². The zero-order valence-corrected chi connectivity index (χ0v) is 8.84. The molecular weight excluding hydrogens is 204 g/mol. The Morgan fingerprint density at radius 3 is 2.94 bits per heavy atom. The van der Waals surface area contributed by atoms with Gasteiger partial charge in [0.05, 0.1) is 5.52 Å². The molecule has 2 rings (SSSR count). The van der Waals surface area contributed by atoms with Crippen LogP contribution in [0.25, 0.3) is 17.0 Å². The average molecular weight is 216 g/mol. The van der Waals surface area contributed by atoms with Gasteiger partial charge in [-0.25, -0.2) is 4.79 Å². The average Bonchev–Trinajstić information content (AvgIpc) is 2.69. The number of rotatable bonds is 3. The van der Waals surface area contributed by atoms with E-state index < -0.39 is 5.97 Å². The summed E-state index contributed by atoms with van der Waals surface area (Å²) < 4.78 is 1.88. The van der Waals surface area contributed by atoms with Gasteiger partial charge in [-0.15, -0.1) is 0 Å². The van der Waals surface area contributed by atoms with E-state index in [9.17, 15) is 4.79 Å². The van der Waals surface area contributed by atoms with E-state index in [1.807, 2.05) is 42.2 Å². The highest BCUT2D eigenvalue weighted by Gasteiger charge is 2.02. The Hall–Kier alpha value is -2.23. The number of carboxylic acids is 1. The van der Waals surface area contributed by atoms with E-state index in [1.54, 1.807) is 6.08 Å². The summed E-state index contributed by atoms with van der Waals surface area (Å²) in [4.78, 5) is 10.5. The first-order valence-electron chi connectivity index (χ1n) is 4.91. The summed E-state index contributed by atoms with van der Waals surface area (Å²) in [6.45, 7) is 0. The molecule has 82 valence electrons. The van der Waals surface area contributed by atoms with Crippen molar-refractivity contribution in [1.29, 1.82) is 0 Å². The van der Waals surface area contributed by atoms with Crippen LogP contribution in [-0.4, -0.2) is 22.8 Å². The topological polar surface area (TPSA) is 54.3 Å². The number of aliphatic carboxylic acids is 1. The Morgan fingerprint density at radius 2 is 2.25 bits per heavy atom. The minimum Gasteiger partial charge on any atom is -0.478 e. The summed E-state index contributed by atoms with van der Waals surface area (Å²) >= 11 is 0. The summed E-state index contributed by atoms with van der Waals surface area (Å²) in [6, 6.07) is 7.72. The number of nitrogens with one attached hydrogen (secondary N) is 1. The molecule has 16 heavy (non-hydrogen) atoms. The quantitative estimate of drug-likeness (QED) is 0.770. The molecule has 0 atom stereocenters. The Balaban J connectivity index is 2.54. The smallest absolute Gasteiger partial charge is 0.328 e. The van der Waals surface area contributed by atoms with Crippen molar-refractivity contribution in [2.24, 2.45) is 0 Å². The molecule has 0 amide bonds. The lowest BCUT2D eigenvalue weighted by Gasteiger charge is -2.03. The molecule has 4 nitrogen and oxygen atoms in total. The number of carbonyl (C=O) groups is 1. The molecule has 1 aromatic heterocycles. The molecule has 0 spiro atoms. The van der Waals surface area contributed by atoms with E-state index in [2.05, 4.69) is 5.43 Å². The van der Waals surface area contributed by atoms with Gasteiger partial charge in [0.2, 0.25) is 0 Å². The fourth-order valence-corrected chi connectivity index (χ4v) is 1.69. The van der Waals surface area contributed by atoms with Crippen LogP contribution in [0.2, 0.25) is 0 Å². The van der Waals surface area contributed by atoms with Gasteiger partial charge in [-0.2, -0.15) is 0 Å². The molecule has 0 fully saturated rings. The molecule has 0 aliphatic rings. The standard InChI is InChI=1S/C12H12N2O2/c1-13-14-8-7-10-9(5-6-12(15)16)3-2-4-11(10)14/h2-8,13H,1H3,(H,15,16)/b6-5+. The van der Waals surface area contributed by atoms with Crippen molar-refractivity contribution in [2.75, 3.05) is 12.5 Å². The van der Waals surface area contributed by atoms with Crippen LogP contribution in [0.1, 0.15) is 5.56 Å². The lowest BCUT2D eigenvalue weighted by molar-refractivity contribution is -0.131. The highest BCUT2D eigenvalue weighted by atomic mass is 16.4. The molecule has 0 aliphatic carbocycles. The maximum atomic E-state index is 10.5. The Labute approximate surface area is 92.8 Å². The van der Waals surface area contributed by atoms with Gasteiger partial charge in [-0.05, 0) is 23.8 Å². The van der Waals surface area contributed by atoms with Gasteiger partial charge in [-0.3, -0.25) is 4.68 Å². The van der Waals surface area contributed by atoms with Crippen molar-refractivity contribution < 1.29 is 9.90 Å². The minimum atomic E-state index is -0.940. The third-order valence-electron chi connectivity index (χ3n) is 2.41. The predicted octanol–water partition coefficient (Wildman–Crippen LogP) is 1.91. The van der Waals surface area contributed by atoms with Crippen LogP contribution in [0, 0.1) is 0 Å². The first kappa shape index (κ1) is 10.3. The molecule has 0 unspecified atom stereocenters. The molecule has 1 heterocycles. The number of hydrogen-bond acceptors (Lipinski definition) is 2. The van der Waals surface area contributed by atoms with E-state index in [0.717, 1.165) is 22.5 Å². The molecule has 1 aromatic carbocycles. The van der Waals surface area contributed by atoms with Crippen LogP contribution < -0.4 is 5.43 Å². The highest BCUT2D eigenvalue weighted by Crippen LogP contribution is 2.20. The summed E-state index contributed by atoms with van der Waals surface area (Å²) in [6.07, 6.45) is 4.65. The second-order valence-corrected chi connectivity index (χ2v) is 3.36. The molecule has 2 aromatic rings. The Morgan fingerprint density at radius 1 is 1.44 bits per heavy atom. The number of benzene rings is 1. The highest BCUT2D eigenvalue weighted by molar-refractivity contribution is 5.93. The first-order valence-corrected chi connectivity index (χ1v) is 4.91. The zero-order valence-electron chi connectivity index (χ0n) is 8.84. The second-order valence-electron chi connectivity index (χ2n) is 3.36. The largest absolute Gasteiger partial charge is 0.478 e. The maximum absolute atomic E-state index is 10.5. The third kappa shape index (κ3) is 1.77. The van der Waals surface area contributed by atoms with E-state index in [0.29, 0.717) is 0 Å². The molecular formula is C12H12N2O2. The van der Waals surface area contributed by atoms with Gasteiger partial charge in [0.25, 0.3) is 0 Å². The van der Waals surface area contributed by atoms with Gasteiger partial charge in [0, 0.05) is 24.7 Å². The van der Waals surface area contributed by atoms with Crippen LogP contribution in [0.3, 0.4) is 0 Å². The van der Waals surface area contributed by atoms with Gasteiger partial charge in [-0.1, -0.05) is 12.1 Å². The van der Waals surface area contributed by atoms with Gasteiger partial charge in [0.1, 0.15) is 0 Å². The molecule has 2 N–H and O–H groups in total. The van der Waals surface area contributed by atoms with Crippen LogP contribution in [0.15, 0.2) is 36.5 Å². The normalized spacial score (nSPS) is 11.1. The van der Waals surface area contributed by atoms with Crippen LogP contribution in [0.4, 0.5) is 0 Å². The van der Waals surface area contributed by atoms with E-state index in [-0.39, 0.29) is 0 Å². The van der Waals surface area contributed by atoms with Gasteiger partial charge in [0.15, 0.2) is 0 Å². The molecule has 0 saturated carbocycles. The first-order chi connectivity index (χ1) is 7.72. The predicted molar refractivity (Wildman–Crippen MR) is 63.9 cm³/mol. The number of aromatic nitrogens is 1. The van der Waals surface area contributed by atoms with Crippen LogP contribution in [-0.2, 0) is 4.79 Å². The van der Waals surface area contributed by atoms with Gasteiger partial charge < -0.3 is 10.5 Å². The van der Waals surface area contributed by atoms with E-state index >= 15 is 0 Å². The molecule has 4 heteroatoms. The van der Waals surface area contributed by atoms with Crippen molar-refractivity contribution in [3.63, 3.8) is 0 Å². The number of carboxylic acid groups (broad SMARTS) is 1. The third-order valence-corrected chi connectivity index (χ3v) is 2.41. The fraction of sp³-hybridized carbons (Fsp3) is 0.0833. The van der Waals surface area contributed by atoms with Crippen molar-refractivity contribution in [3.8, 4) is 0 Å².